The Balaban J connectivity index is 1.31. The number of hydrogen-bond acceptors (Lipinski definition) is 5. The van der Waals surface area contributed by atoms with E-state index in [4.69, 9.17) is 4.74 Å². The van der Waals surface area contributed by atoms with Gasteiger partial charge in [0.2, 0.25) is 0 Å². The first-order valence-electron chi connectivity index (χ1n) is 10.8. The zero-order valence-corrected chi connectivity index (χ0v) is 18.0. The number of aryl methyl sites for hydroxylation is 1. The topological polar surface area (TPSA) is 84.4 Å². The largest absolute Gasteiger partial charge is 0.484 e. The Hall–Kier alpha value is -3.74. The maximum atomic E-state index is 12.6. The molecule has 32 heavy (non-hydrogen) atoms. The molecule has 1 saturated heterocycles. The highest BCUT2D eigenvalue weighted by atomic mass is 16.5. The molecular weight excluding hydrogens is 404 g/mol. The standard InChI is InChI=1S/C25H26N4O3/c1-18-22(25(31)28-20-8-4-2-5-9-20)16-26-24(27-18)19-12-14-29(15-13-19)23(30)17-32-21-10-6-3-7-11-21/h2-11,16,19H,12-15,17H2,1H3,(H,28,31). The lowest BCUT2D eigenvalue weighted by Gasteiger charge is -2.31. The van der Waals surface area contributed by atoms with E-state index >= 15 is 0 Å². The van der Waals surface area contributed by atoms with E-state index in [1.165, 1.54) is 0 Å². The summed E-state index contributed by atoms with van der Waals surface area (Å²) in [5, 5.41) is 2.87. The molecule has 0 atom stereocenters. The Labute approximate surface area is 187 Å². The number of likely N-dealkylation sites (tertiary alicyclic amines) is 1. The first kappa shape index (κ1) is 21.5. The number of benzene rings is 2. The smallest absolute Gasteiger partial charge is 0.260 e. The quantitative estimate of drug-likeness (QED) is 0.643. The lowest BCUT2D eigenvalue weighted by Crippen LogP contribution is -2.40. The van der Waals surface area contributed by atoms with Gasteiger partial charge in [0.25, 0.3) is 11.8 Å². The van der Waals surface area contributed by atoms with Crippen molar-refractivity contribution in [2.45, 2.75) is 25.7 Å². The third kappa shape index (κ3) is 5.29. The molecule has 4 rings (SSSR count). The van der Waals surface area contributed by atoms with Gasteiger partial charge < -0.3 is 15.0 Å². The fraction of sp³-hybridized carbons (Fsp3) is 0.280. The molecule has 0 spiro atoms. The number of hydrogen-bond donors (Lipinski definition) is 1. The zero-order valence-electron chi connectivity index (χ0n) is 18.0. The average molecular weight is 431 g/mol. The second-order valence-corrected chi connectivity index (χ2v) is 7.80. The number of ether oxygens (including phenoxy) is 1. The summed E-state index contributed by atoms with van der Waals surface area (Å²) in [5.74, 6) is 1.35. The molecule has 2 heterocycles. The minimum atomic E-state index is -0.223. The van der Waals surface area contributed by atoms with Crippen molar-refractivity contribution in [2.24, 2.45) is 0 Å². The van der Waals surface area contributed by atoms with Crippen molar-refractivity contribution in [2.75, 3.05) is 25.0 Å². The van der Waals surface area contributed by atoms with Gasteiger partial charge in [0.05, 0.1) is 11.3 Å². The molecule has 7 nitrogen and oxygen atoms in total. The monoisotopic (exact) mass is 430 g/mol. The van der Waals surface area contributed by atoms with Crippen LogP contribution < -0.4 is 10.1 Å². The summed E-state index contributed by atoms with van der Waals surface area (Å²) in [5.41, 5.74) is 1.84. The Morgan fingerprint density at radius 1 is 1.03 bits per heavy atom. The van der Waals surface area contributed by atoms with Crippen LogP contribution in [0.5, 0.6) is 5.75 Å². The summed E-state index contributed by atoms with van der Waals surface area (Å²) in [7, 11) is 0. The number of para-hydroxylation sites is 2. The van der Waals surface area contributed by atoms with Crippen LogP contribution in [0.3, 0.4) is 0 Å². The number of aromatic nitrogens is 2. The molecular formula is C25H26N4O3. The number of carbonyl (C=O) groups is 2. The molecule has 7 heteroatoms. The minimum Gasteiger partial charge on any atom is -0.484 e. The fourth-order valence-electron chi connectivity index (χ4n) is 3.76. The molecule has 1 aliphatic heterocycles. The lowest BCUT2D eigenvalue weighted by atomic mass is 9.95. The SMILES string of the molecule is Cc1nc(C2CCN(C(=O)COc3ccccc3)CC2)ncc1C(=O)Nc1ccccc1. The number of carbonyl (C=O) groups excluding carboxylic acids is 2. The third-order valence-corrected chi connectivity index (χ3v) is 5.59. The van der Waals surface area contributed by atoms with E-state index in [1.54, 1.807) is 6.20 Å². The molecule has 0 radical (unpaired) electrons. The molecule has 0 unspecified atom stereocenters. The van der Waals surface area contributed by atoms with Crippen LogP contribution in [-0.4, -0.2) is 46.4 Å². The molecule has 0 saturated carbocycles. The maximum Gasteiger partial charge on any atom is 0.260 e. The summed E-state index contributed by atoms with van der Waals surface area (Å²) in [4.78, 5) is 35.9. The first-order chi connectivity index (χ1) is 15.6. The minimum absolute atomic E-state index is 0.0164. The number of nitrogens with one attached hydrogen (secondary N) is 1. The van der Waals surface area contributed by atoms with Crippen molar-refractivity contribution >= 4 is 17.5 Å². The summed E-state index contributed by atoms with van der Waals surface area (Å²) < 4.78 is 5.57. The molecule has 0 aliphatic carbocycles. The van der Waals surface area contributed by atoms with Crippen LogP contribution in [0.1, 0.15) is 40.6 Å². The Bertz CT molecular complexity index is 1070. The molecule has 1 aliphatic rings. The third-order valence-electron chi connectivity index (χ3n) is 5.59. The van der Waals surface area contributed by atoms with E-state index in [9.17, 15) is 9.59 Å². The highest BCUT2D eigenvalue weighted by molar-refractivity contribution is 6.04. The summed E-state index contributed by atoms with van der Waals surface area (Å²) in [6, 6.07) is 18.6. The van der Waals surface area contributed by atoms with E-state index in [-0.39, 0.29) is 24.3 Å². The summed E-state index contributed by atoms with van der Waals surface area (Å²) in [6.45, 7) is 3.14. The number of amides is 2. The average Bonchev–Trinajstić information content (AvgIpc) is 2.84. The van der Waals surface area contributed by atoms with Crippen molar-refractivity contribution in [3.8, 4) is 5.75 Å². The molecule has 1 N–H and O–H groups in total. The Kier molecular flexibility index (Phi) is 6.75. The van der Waals surface area contributed by atoms with Gasteiger partial charge in [-0.15, -0.1) is 0 Å². The van der Waals surface area contributed by atoms with Gasteiger partial charge in [-0.05, 0) is 44.0 Å². The molecule has 3 aromatic rings. The molecule has 0 bridgehead atoms. The van der Waals surface area contributed by atoms with Gasteiger partial charge in [0.1, 0.15) is 11.6 Å². The van der Waals surface area contributed by atoms with Crippen LogP contribution in [-0.2, 0) is 4.79 Å². The maximum absolute atomic E-state index is 12.6. The van der Waals surface area contributed by atoms with Gasteiger partial charge in [0.15, 0.2) is 6.61 Å². The Morgan fingerprint density at radius 2 is 1.69 bits per heavy atom. The van der Waals surface area contributed by atoms with E-state index in [0.717, 1.165) is 24.4 Å². The van der Waals surface area contributed by atoms with Crippen molar-refractivity contribution in [1.82, 2.24) is 14.9 Å². The van der Waals surface area contributed by atoms with Crippen LogP contribution in [0.4, 0.5) is 5.69 Å². The predicted molar refractivity (Wildman–Crippen MR) is 122 cm³/mol. The molecule has 2 aromatic carbocycles. The van der Waals surface area contributed by atoms with Gasteiger partial charge in [0, 0.05) is 30.9 Å². The van der Waals surface area contributed by atoms with Crippen LogP contribution in [0.15, 0.2) is 66.9 Å². The number of piperidine rings is 1. The lowest BCUT2D eigenvalue weighted by molar-refractivity contribution is -0.134. The fourth-order valence-corrected chi connectivity index (χ4v) is 3.76. The van der Waals surface area contributed by atoms with Gasteiger partial charge in [-0.2, -0.15) is 0 Å². The summed E-state index contributed by atoms with van der Waals surface area (Å²) >= 11 is 0. The van der Waals surface area contributed by atoms with Gasteiger partial charge in [-0.1, -0.05) is 36.4 Å². The normalized spacial score (nSPS) is 14.1. The zero-order chi connectivity index (χ0) is 22.3. The molecule has 2 amide bonds. The van der Waals surface area contributed by atoms with Crippen molar-refractivity contribution in [1.29, 1.82) is 0 Å². The Morgan fingerprint density at radius 3 is 2.34 bits per heavy atom. The van der Waals surface area contributed by atoms with Crippen LogP contribution in [0.2, 0.25) is 0 Å². The van der Waals surface area contributed by atoms with Gasteiger partial charge >= 0.3 is 0 Å². The van der Waals surface area contributed by atoms with E-state index < -0.39 is 0 Å². The highest BCUT2D eigenvalue weighted by Crippen LogP contribution is 2.26. The van der Waals surface area contributed by atoms with Gasteiger partial charge in [-0.3, -0.25) is 9.59 Å². The second kappa shape index (κ2) is 10.0. The van der Waals surface area contributed by atoms with Crippen LogP contribution >= 0.6 is 0 Å². The number of anilines is 1. The van der Waals surface area contributed by atoms with Gasteiger partial charge in [-0.25, -0.2) is 9.97 Å². The second-order valence-electron chi connectivity index (χ2n) is 7.80. The predicted octanol–water partition coefficient (Wildman–Crippen LogP) is 3.82. The molecule has 164 valence electrons. The van der Waals surface area contributed by atoms with E-state index in [0.29, 0.717) is 30.1 Å². The molecule has 1 fully saturated rings. The van der Waals surface area contributed by atoms with E-state index in [1.807, 2.05) is 72.5 Å². The van der Waals surface area contributed by atoms with Crippen LogP contribution in [0, 0.1) is 6.92 Å². The highest BCUT2D eigenvalue weighted by Gasteiger charge is 2.26. The first-order valence-corrected chi connectivity index (χ1v) is 10.8. The summed E-state index contributed by atoms with van der Waals surface area (Å²) in [6.07, 6.45) is 3.17. The van der Waals surface area contributed by atoms with Crippen LogP contribution in [0.25, 0.3) is 0 Å². The van der Waals surface area contributed by atoms with Crippen molar-refractivity contribution in [3.05, 3.63) is 83.9 Å². The number of nitrogens with zero attached hydrogens (tertiary/aromatic N) is 3. The number of rotatable bonds is 6. The molecule has 1 aromatic heterocycles. The van der Waals surface area contributed by atoms with E-state index in [2.05, 4.69) is 15.3 Å². The van der Waals surface area contributed by atoms with Crippen molar-refractivity contribution < 1.29 is 14.3 Å². The van der Waals surface area contributed by atoms with Crippen molar-refractivity contribution in [3.63, 3.8) is 0 Å².